The van der Waals surface area contributed by atoms with E-state index in [2.05, 4.69) is 31.0 Å². The summed E-state index contributed by atoms with van der Waals surface area (Å²) < 4.78 is 6.33. The van der Waals surface area contributed by atoms with E-state index in [0.29, 0.717) is 22.6 Å². The van der Waals surface area contributed by atoms with Crippen molar-refractivity contribution in [1.29, 1.82) is 0 Å². The molecule has 0 heterocycles. The van der Waals surface area contributed by atoms with Crippen LogP contribution in [0, 0.1) is 0 Å². The van der Waals surface area contributed by atoms with Gasteiger partial charge in [-0.2, -0.15) is 0 Å². The van der Waals surface area contributed by atoms with Crippen LogP contribution in [-0.4, -0.2) is 16.7 Å². The first-order valence-electron chi connectivity index (χ1n) is 13.0. The molecule has 0 bridgehead atoms. The van der Waals surface area contributed by atoms with Crippen LogP contribution in [0.15, 0.2) is 107 Å². The summed E-state index contributed by atoms with van der Waals surface area (Å²) in [5, 5.41) is 21.0. The van der Waals surface area contributed by atoms with Crippen LogP contribution in [0.4, 0.5) is 11.4 Å². The highest BCUT2D eigenvalue weighted by atomic mass is 16.5. The SMILES string of the molecule is CC(C)(C)c1ccc(Oc2c(N=Nc3c(O)ccc4ccccc34)ccc3c2C(=O)c2ccccc2C3=O)cc1. The van der Waals surface area contributed by atoms with Crippen LogP contribution in [0.2, 0.25) is 0 Å². The Morgan fingerprint density at radius 1 is 0.675 bits per heavy atom. The fraction of sp³-hybridized carbons (Fsp3) is 0.118. The number of phenols is 1. The summed E-state index contributed by atoms with van der Waals surface area (Å²) in [6, 6.07) is 28.5. The Morgan fingerprint density at radius 3 is 2.08 bits per heavy atom. The van der Waals surface area contributed by atoms with E-state index in [1.165, 1.54) is 0 Å². The van der Waals surface area contributed by atoms with E-state index < -0.39 is 0 Å². The minimum absolute atomic E-state index is 0.0270. The quantitative estimate of drug-likeness (QED) is 0.232. The van der Waals surface area contributed by atoms with Crippen molar-refractivity contribution >= 4 is 33.7 Å². The maximum Gasteiger partial charge on any atom is 0.198 e. The fourth-order valence-electron chi connectivity index (χ4n) is 4.92. The zero-order chi connectivity index (χ0) is 28.0. The number of aromatic hydroxyl groups is 1. The summed E-state index contributed by atoms with van der Waals surface area (Å²) in [7, 11) is 0. The lowest BCUT2D eigenvalue weighted by molar-refractivity contribution is 0.0977. The molecule has 0 saturated heterocycles. The van der Waals surface area contributed by atoms with E-state index in [0.717, 1.165) is 16.3 Å². The Balaban J connectivity index is 1.51. The number of carbonyl (C=O) groups excluding carboxylic acids is 2. The minimum atomic E-state index is -0.323. The third-order valence-electron chi connectivity index (χ3n) is 7.10. The van der Waals surface area contributed by atoms with Crippen molar-refractivity contribution in [3.63, 3.8) is 0 Å². The molecule has 1 aliphatic rings. The molecule has 0 saturated carbocycles. The third-order valence-corrected chi connectivity index (χ3v) is 7.10. The fourth-order valence-corrected chi connectivity index (χ4v) is 4.92. The van der Waals surface area contributed by atoms with Gasteiger partial charge in [0.2, 0.25) is 0 Å². The average Bonchev–Trinajstić information content (AvgIpc) is 2.95. The van der Waals surface area contributed by atoms with E-state index in [4.69, 9.17) is 4.74 Å². The second-order valence-electron chi connectivity index (χ2n) is 10.8. The van der Waals surface area contributed by atoms with Crippen molar-refractivity contribution in [1.82, 2.24) is 0 Å². The Hall–Kier alpha value is -5.10. The van der Waals surface area contributed by atoms with E-state index in [9.17, 15) is 14.7 Å². The van der Waals surface area contributed by atoms with E-state index in [1.54, 1.807) is 48.5 Å². The molecule has 0 unspecified atom stereocenters. The molecule has 0 spiro atoms. The minimum Gasteiger partial charge on any atom is -0.506 e. The molecular weight excluding hydrogens is 500 g/mol. The lowest BCUT2D eigenvalue weighted by atomic mass is 9.83. The molecule has 1 aliphatic carbocycles. The molecule has 5 aromatic rings. The van der Waals surface area contributed by atoms with Gasteiger partial charge in [0.1, 0.15) is 22.9 Å². The Kier molecular flexibility index (Phi) is 6.03. The lowest BCUT2D eigenvalue weighted by Gasteiger charge is -2.22. The summed E-state index contributed by atoms with van der Waals surface area (Å²) in [6.45, 7) is 6.37. The third kappa shape index (κ3) is 4.33. The van der Waals surface area contributed by atoms with Crippen molar-refractivity contribution in [2.24, 2.45) is 10.2 Å². The number of phenolic OH excluding ortho intramolecular Hbond substituents is 1. The maximum absolute atomic E-state index is 13.8. The molecule has 1 N–H and O–H groups in total. The first kappa shape index (κ1) is 25.2. The predicted octanol–water partition coefficient (Wildman–Crippen LogP) is 8.83. The number of carbonyl (C=O) groups is 2. The number of ketones is 2. The topological polar surface area (TPSA) is 88.3 Å². The van der Waals surface area contributed by atoms with Crippen molar-refractivity contribution in [2.45, 2.75) is 26.2 Å². The molecule has 0 amide bonds. The van der Waals surface area contributed by atoms with Gasteiger partial charge in [0, 0.05) is 22.1 Å². The van der Waals surface area contributed by atoms with Crippen LogP contribution in [0.1, 0.15) is 58.2 Å². The number of hydrogen-bond donors (Lipinski definition) is 1. The van der Waals surface area contributed by atoms with Crippen LogP contribution in [0.25, 0.3) is 10.8 Å². The first-order chi connectivity index (χ1) is 19.2. The van der Waals surface area contributed by atoms with E-state index in [1.807, 2.05) is 48.5 Å². The molecule has 0 aliphatic heterocycles. The van der Waals surface area contributed by atoms with Crippen LogP contribution in [0.3, 0.4) is 0 Å². The molecule has 40 heavy (non-hydrogen) atoms. The van der Waals surface area contributed by atoms with Gasteiger partial charge >= 0.3 is 0 Å². The van der Waals surface area contributed by atoms with E-state index in [-0.39, 0.29) is 45.3 Å². The predicted molar refractivity (Wildman–Crippen MR) is 155 cm³/mol. The number of ether oxygens (including phenoxy) is 1. The number of rotatable bonds is 4. The smallest absolute Gasteiger partial charge is 0.198 e. The van der Waals surface area contributed by atoms with Gasteiger partial charge in [-0.15, -0.1) is 10.2 Å². The van der Waals surface area contributed by atoms with Gasteiger partial charge in [-0.1, -0.05) is 87.5 Å². The molecule has 6 rings (SSSR count). The van der Waals surface area contributed by atoms with Gasteiger partial charge in [0.05, 0.1) is 5.56 Å². The highest BCUT2D eigenvalue weighted by Crippen LogP contribution is 2.44. The van der Waals surface area contributed by atoms with Crippen LogP contribution >= 0.6 is 0 Å². The molecule has 196 valence electrons. The van der Waals surface area contributed by atoms with Gasteiger partial charge < -0.3 is 9.84 Å². The zero-order valence-electron chi connectivity index (χ0n) is 22.3. The van der Waals surface area contributed by atoms with Gasteiger partial charge in [-0.3, -0.25) is 9.59 Å². The number of benzene rings is 5. The lowest BCUT2D eigenvalue weighted by Crippen LogP contribution is -2.21. The van der Waals surface area contributed by atoms with Gasteiger partial charge in [0.25, 0.3) is 0 Å². The zero-order valence-corrected chi connectivity index (χ0v) is 22.3. The number of nitrogens with zero attached hydrogens (tertiary/aromatic N) is 2. The van der Waals surface area contributed by atoms with Crippen molar-refractivity contribution < 1.29 is 19.4 Å². The number of azo groups is 1. The second-order valence-corrected chi connectivity index (χ2v) is 10.8. The van der Waals surface area contributed by atoms with Crippen LogP contribution < -0.4 is 4.74 Å². The van der Waals surface area contributed by atoms with Crippen molar-refractivity contribution in [3.05, 3.63) is 125 Å². The van der Waals surface area contributed by atoms with Gasteiger partial charge in [-0.05, 0) is 46.7 Å². The summed E-state index contributed by atoms with van der Waals surface area (Å²) in [6.07, 6.45) is 0. The standard InChI is InChI=1S/C34H26N2O4/c1-34(2,3)21-13-15-22(16-14-21)40-33-27(35-36-30-23-9-5-4-8-20(23)12-19-28(30)37)18-17-26-29(33)32(39)25-11-7-6-10-24(25)31(26)38/h4-19,37H,1-3H3. The number of fused-ring (bicyclic) bond motifs is 3. The number of hydrogen-bond acceptors (Lipinski definition) is 6. The molecule has 5 aromatic carbocycles. The molecule has 6 heteroatoms. The highest BCUT2D eigenvalue weighted by Gasteiger charge is 2.34. The Morgan fingerprint density at radius 2 is 1.35 bits per heavy atom. The molecular formula is C34H26N2O4. The summed E-state index contributed by atoms with van der Waals surface area (Å²) in [5.74, 6) is 0.0213. The first-order valence-corrected chi connectivity index (χ1v) is 13.0. The Bertz CT molecular complexity index is 1850. The van der Waals surface area contributed by atoms with Gasteiger partial charge in [-0.25, -0.2) is 0 Å². The normalized spacial score (nSPS) is 13.0. The molecule has 0 aromatic heterocycles. The summed E-state index contributed by atoms with van der Waals surface area (Å²) in [4.78, 5) is 27.2. The largest absolute Gasteiger partial charge is 0.506 e. The highest BCUT2D eigenvalue weighted by molar-refractivity contribution is 6.29. The van der Waals surface area contributed by atoms with Crippen LogP contribution in [-0.2, 0) is 5.41 Å². The average molecular weight is 527 g/mol. The second kappa shape index (κ2) is 9.58. The molecule has 0 fully saturated rings. The van der Waals surface area contributed by atoms with Crippen LogP contribution in [0.5, 0.6) is 17.2 Å². The maximum atomic E-state index is 13.8. The summed E-state index contributed by atoms with van der Waals surface area (Å²) in [5.41, 5.74) is 2.69. The Labute approximate surface area is 231 Å². The summed E-state index contributed by atoms with van der Waals surface area (Å²) >= 11 is 0. The van der Waals surface area contributed by atoms with Crippen molar-refractivity contribution in [3.8, 4) is 17.2 Å². The van der Waals surface area contributed by atoms with Crippen molar-refractivity contribution in [2.75, 3.05) is 0 Å². The molecule has 0 atom stereocenters. The molecule has 0 radical (unpaired) electrons. The van der Waals surface area contributed by atoms with E-state index >= 15 is 0 Å². The molecule has 6 nitrogen and oxygen atoms in total. The monoisotopic (exact) mass is 526 g/mol. The van der Waals surface area contributed by atoms with Gasteiger partial charge in [0.15, 0.2) is 17.3 Å².